The van der Waals surface area contributed by atoms with Crippen LogP contribution in [0.3, 0.4) is 0 Å². The van der Waals surface area contributed by atoms with E-state index in [2.05, 4.69) is 4.72 Å². The Hall–Kier alpha value is -0.0600. The second-order valence-electron chi connectivity index (χ2n) is 3.11. The van der Waals surface area contributed by atoms with Crippen molar-refractivity contribution in [3.63, 3.8) is 0 Å². The van der Waals surface area contributed by atoms with Crippen LogP contribution in [0.25, 0.3) is 0 Å². The zero-order valence-corrected chi connectivity index (χ0v) is 9.55. The lowest BCUT2D eigenvalue weighted by Gasteiger charge is -2.34. The Morgan fingerprint density at radius 2 is 2.20 bits per heavy atom. The van der Waals surface area contributed by atoms with E-state index in [0.717, 1.165) is 0 Å². The topological polar surface area (TPSA) is 84.9 Å². The van der Waals surface area contributed by atoms with Crippen LogP contribution in [0.1, 0.15) is 0 Å². The van der Waals surface area contributed by atoms with Crippen molar-refractivity contribution in [2.75, 3.05) is 32.2 Å². The van der Waals surface area contributed by atoms with Gasteiger partial charge in [-0.2, -0.15) is 4.31 Å². The van der Waals surface area contributed by atoms with E-state index < -0.39 is 26.6 Å². The molecule has 1 N–H and O–H groups in total. The maximum atomic E-state index is 11.6. The minimum Gasteiger partial charge on any atom is -0.365 e. The molecule has 88 valence electrons. The van der Waals surface area contributed by atoms with Crippen molar-refractivity contribution in [2.24, 2.45) is 0 Å². The van der Waals surface area contributed by atoms with Crippen LogP contribution in [-0.2, 0) is 30.5 Å². The lowest BCUT2D eigenvalue weighted by Crippen LogP contribution is -2.55. The van der Waals surface area contributed by atoms with Crippen LogP contribution in [0, 0.1) is 0 Å². The molecule has 0 aromatic heterocycles. The summed E-state index contributed by atoms with van der Waals surface area (Å²) in [6.07, 6.45) is 0. The number of sulfonamides is 1. The van der Waals surface area contributed by atoms with Crippen molar-refractivity contribution in [3.8, 4) is 0 Å². The summed E-state index contributed by atoms with van der Waals surface area (Å²) in [6.45, 7) is 1.20. The highest BCUT2D eigenvalue weighted by atomic mass is 32.2. The van der Waals surface area contributed by atoms with Gasteiger partial charge in [0.2, 0.25) is 5.56 Å². The number of nitrogens with zero attached hydrogens (tertiary/aromatic N) is 1. The predicted molar refractivity (Wildman–Crippen MR) is 52.3 cm³/mol. The molecule has 2 aliphatic rings. The molecule has 2 saturated heterocycles. The van der Waals surface area contributed by atoms with Gasteiger partial charge in [-0.1, -0.05) is 0 Å². The fraction of sp³-hybridized carbons (Fsp3) is 1.00. The first-order chi connectivity index (χ1) is 7.11. The van der Waals surface area contributed by atoms with Gasteiger partial charge in [-0.15, -0.1) is 0 Å². The van der Waals surface area contributed by atoms with Crippen LogP contribution < -0.4 is 4.72 Å². The van der Waals surface area contributed by atoms with E-state index in [1.807, 2.05) is 0 Å². The van der Waals surface area contributed by atoms with Crippen molar-refractivity contribution >= 4 is 21.0 Å². The zero-order valence-electron chi connectivity index (χ0n) is 7.92. The van der Waals surface area contributed by atoms with Gasteiger partial charge in [0.15, 0.2) is 0 Å². The first-order valence-corrected chi connectivity index (χ1v) is 7.26. The third-order valence-corrected chi connectivity index (χ3v) is 4.99. The summed E-state index contributed by atoms with van der Waals surface area (Å²) in [7, 11) is -5.01. The third-order valence-electron chi connectivity index (χ3n) is 2.07. The minimum atomic E-state index is -3.55. The molecule has 0 bridgehead atoms. The standard InChI is InChI=1S/C6H12N2O5S2/c9-14-5-12-4-2-8(14)6-13-3-1-7-15(6,10)11/h6-7H,1-5H2. The first kappa shape index (κ1) is 11.4. The molecule has 0 radical (unpaired) electrons. The SMILES string of the molecule is O=S1COCCN1C1OCCNS1(=O)=O. The van der Waals surface area contributed by atoms with E-state index in [-0.39, 0.29) is 19.0 Å². The zero-order chi connectivity index (χ0) is 10.9. The first-order valence-electron chi connectivity index (χ1n) is 4.44. The molecule has 2 rings (SSSR count). The Balaban J connectivity index is 2.17. The molecule has 0 spiro atoms. The molecule has 2 aliphatic heterocycles. The molecule has 2 fully saturated rings. The molecule has 0 aromatic rings. The Kier molecular flexibility index (Phi) is 3.38. The van der Waals surface area contributed by atoms with Gasteiger partial charge < -0.3 is 9.47 Å². The highest BCUT2D eigenvalue weighted by Gasteiger charge is 2.39. The van der Waals surface area contributed by atoms with Gasteiger partial charge in [0.05, 0.1) is 13.2 Å². The molecule has 0 aliphatic carbocycles. The molecule has 15 heavy (non-hydrogen) atoms. The minimum absolute atomic E-state index is 0.0232. The van der Waals surface area contributed by atoms with E-state index in [9.17, 15) is 12.6 Å². The maximum absolute atomic E-state index is 11.6. The summed E-state index contributed by atoms with van der Waals surface area (Å²) in [6, 6.07) is 0. The smallest absolute Gasteiger partial charge is 0.254 e. The van der Waals surface area contributed by atoms with Gasteiger partial charge in [-0.25, -0.2) is 17.3 Å². The van der Waals surface area contributed by atoms with Gasteiger partial charge >= 0.3 is 0 Å². The molecule has 0 amide bonds. The third kappa shape index (κ3) is 2.37. The van der Waals surface area contributed by atoms with E-state index in [0.29, 0.717) is 13.2 Å². The molecule has 0 saturated carbocycles. The summed E-state index contributed by atoms with van der Waals surface area (Å²) < 4.78 is 48.4. The fourth-order valence-electron chi connectivity index (χ4n) is 1.40. The van der Waals surface area contributed by atoms with E-state index in [4.69, 9.17) is 9.47 Å². The molecular formula is C6H12N2O5S2. The largest absolute Gasteiger partial charge is 0.365 e. The molecule has 2 unspecified atom stereocenters. The van der Waals surface area contributed by atoms with Crippen molar-refractivity contribution < 1.29 is 22.1 Å². The molecule has 2 heterocycles. The van der Waals surface area contributed by atoms with Crippen LogP contribution in [-0.4, -0.2) is 54.7 Å². The molecule has 0 aromatic carbocycles. The van der Waals surface area contributed by atoms with E-state index >= 15 is 0 Å². The molecule has 7 nitrogen and oxygen atoms in total. The van der Waals surface area contributed by atoms with Crippen LogP contribution in [0.5, 0.6) is 0 Å². The maximum Gasteiger partial charge on any atom is 0.254 e. The van der Waals surface area contributed by atoms with Crippen LogP contribution in [0.2, 0.25) is 0 Å². The summed E-state index contributed by atoms with van der Waals surface area (Å²) in [5.74, 6) is 0.0232. The van der Waals surface area contributed by atoms with Crippen molar-refractivity contribution in [3.05, 3.63) is 0 Å². The average molecular weight is 256 g/mol. The highest BCUT2D eigenvalue weighted by molar-refractivity contribution is 7.91. The normalized spacial score (nSPS) is 37.6. The van der Waals surface area contributed by atoms with Gasteiger partial charge in [0.25, 0.3) is 10.0 Å². The average Bonchev–Trinajstić information content (AvgIpc) is 2.19. The quantitative estimate of drug-likeness (QED) is 0.596. The molecular weight excluding hydrogens is 244 g/mol. The Bertz CT molecular complexity index is 357. The summed E-state index contributed by atoms with van der Waals surface area (Å²) in [5.41, 5.74) is -1.16. The number of hydrogen-bond acceptors (Lipinski definition) is 5. The summed E-state index contributed by atoms with van der Waals surface area (Å²) in [5, 5.41) is 0. The highest BCUT2D eigenvalue weighted by Crippen LogP contribution is 2.16. The van der Waals surface area contributed by atoms with Crippen molar-refractivity contribution in [2.45, 2.75) is 5.56 Å². The van der Waals surface area contributed by atoms with Gasteiger partial charge in [-0.05, 0) is 0 Å². The van der Waals surface area contributed by atoms with E-state index in [1.165, 1.54) is 4.31 Å². The predicted octanol–water partition coefficient (Wildman–Crippen LogP) is -1.83. The number of ether oxygens (including phenoxy) is 2. The second kappa shape index (κ2) is 4.44. The van der Waals surface area contributed by atoms with Crippen molar-refractivity contribution in [1.29, 1.82) is 0 Å². The lowest BCUT2D eigenvalue weighted by atomic mass is 10.7. The Morgan fingerprint density at radius 3 is 2.87 bits per heavy atom. The van der Waals surface area contributed by atoms with Crippen LogP contribution in [0.15, 0.2) is 0 Å². The fourth-order valence-corrected chi connectivity index (χ4v) is 4.15. The number of nitrogens with one attached hydrogen (secondary N) is 1. The van der Waals surface area contributed by atoms with Crippen molar-refractivity contribution in [1.82, 2.24) is 9.03 Å². The number of rotatable bonds is 1. The van der Waals surface area contributed by atoms with Gasteiger partial charge in [0.1, 0.15) is 16.9 Å². The van der Waals surface area contributed by atoms with Gasteiger partial charge in [-0.3, -0.25) is 0 Å². The van der Waals surface area contributed by atoms with E-state index in [1.54, 1.807) is 0 Å². The monoisotopic (exact) mass is 256 g/mol. The van der Waals surface area contributed by atoms with Gasteiger partial charge in [0, 0.05) is 13.1 Å². The van der Waals surface area contributed by atoms with Crippen LogP contribution in [0.4, 0.5) is 0 Å². The molecule has 9 heteroatoms. The Morgan fingerprint density at radius 1 is 1.40 bits per heavy atom. The molecule has 2 atom stereocenters. The van der Waals surface area contributed by atoms with Crippen LogP contribution >= 0.6 is 0 Å². The number of hydrogen-bond donors (Lipinski definition) is 1. The Labute approximate surface area is 90.4 Å². The summed E-state index contributed by atoms with van der Waals surface area (Å²) >= 11 is 0. The second-order valence-corrected chi connectivity index (χ2v) is 6.24. The summed E-state index contributed by atoms with van der Waals surface area (Å²) in [4.78, 5) is 0. The lowest BCUT2D eigenvalue weighted by molar-refractivity contribution is 0.0114.